The number of unbranched alkanes of at least 4 members (excludes halogenated alkanes) is 1. The SMILES string of the molecule is CCCCN(C)C(=O)c1nc(N)nc2ccc(-c3ccccc3S(=O)(=O)N3CCN(C)CC3)cc12. The number of carbonyl (C=O) groups excluding carboxylic acids is 1. The Kier molecular flexibility index (Phi) is 7.34. The first-order chi connectivity index (χ1) is 16.7. The molecule has 186 valence electrons. The average Bonchev–Trinajstić information content (AvgIpc) is 2.86. The molecule has 1 saturated heterocycles. The van der Waals surface area contributed by atoms with Crippen LogP contribution < -0.4 is 5.73 Å². The molecule has 1 aliphatic heterocycles. The summed E-state index contributed by atoms with van der Waals surface area (Å²) in [6.07, 6.45) is 1.84. The van der Waals surface area contributed by atoms with Gasteiger partial charge in [0.15, 0.2) is 0 Å². The predicted molar refractivity (Wildman–Crippen MR) is 138 cm³/mol. The molecule has 0 atom stereocenters. The molecule has 2 aromatic carbocycles. The molecule has 2 heterocycles. The zero-order valence-corrected chi connectivity index (χ0v) is 21.3. The third-order valence-electron chi connectivity index (χ3n) is 6.39. The van der Waals surface area contributed by atoms with E-state index in [0.717, 1.165) is 12.8 Å². The number of hydrogen-bond acceptors (Lipinski definition) is 7. The number of benzene rings is 2. The highest BCUT2D eigenvalue weighted by Crippen LogP contribution is 2.32. The molecule has 0 spiro atoms. The Morgan fingerprint density at radius 3 is 2.51 bits per heavy atom. The molecular formula is C25H32N6O3S. The fraction of sp³-hybridized carbons (Fsp3) is 0.400. The van der Waals surface area contributed by atoms with Gasteiger partial charge in [0, 0.05) is 50.7 Å². The van der Waals surface area contributed by atoms with Gasteiger partial charge in [-0.15, -0.1) is 0 Å². The number of likely N-dealkylation sites (N-methyl/N-ethyl adjacent to an activating group) is 1. The van der Waals surface area contributed by atoms with E-state index in [1.807, 2.05) is 19.2 Å². The molecule has 0 radical (unpaired) electrons. The number of amides is 1. The average molecular weight is 497 g/mol. The van der Waals surface area contributed by atoms with Gasteiger partial charge in [0.05, 0.1) is 10.4 Å². The van der Waals surface area contributed by atoms with E-state index in [9.17, 15) is 13.2 Å². The van der Waals surface area contributed by atoms with Crippen molar-refractivity contribution >= 4 is 32.8 Å². The minimum Gasteiger partial charge on any atom is -0.368 e. The predicted octanol–water partition coefficient (Wildman–Crippen LogP) is 2.69. The van der Waals surface area contributed by atoms with Crippen LogP contribution in [0.1, 0.15) is 30.3 Å². The van der Waals surface area contributed by atoms with Crippen molar-refractivity contribution in [3.8, 4) is 11.1 Å². The molecule has 9 nitrogen and oxygen atoms in total. The maximum Gasteiger partial charge on any atom is 0.273 e. The largest absolute Gasteiger partial charge is 0.368 e. The monoisotopic (exact) mass is 496 g/mol. The topological polar surface area (TPSA) is 113 Å². The number of piperazine rings is 1. The van der Waals surface area contributed by atoms with Crippen LogP contribution in [0.5, 0.6) is 0 Å². The van der Waals surface area contributed by atoms with Crippen molar-refractivity contribution in [1.29, 1.82) is 0 Å². The van der Waals surface area contributed by atoms with Gasteiger partial charge in [-0.1, -0.05) is 37.6 Å². The minimum absolute atomic E-state index is 0.0236. The van der Waals surface area contributed by atoms with Crippen LogP contribution in [0.15, 0.2) is 47.4 Å². The maximum atomic E-state index is 13.6. The van der Waals surface area contributed by atoms with E-state index in [-0.39, 0.29) is 22.4 Å². The summed E-state index contributed by atoms with van der Waals surface area (Å²) in [6, 6.07) is 12.3. The summed E-state index contributed by atoms with van der Waals surface area (Å²) in [5.41, 5.74) is 7.90. The second-order valence-electron chi connectivity index (χ2n) is 8.95. The van der Waals surface area contributed by atoms with E-state index < -0.39 is 10.0 Å². The Labute approximate surface area is 206 Å². The van der Waals surface area contributed by atoms with Crippen LogP contribution in [0.3, 0.4) is 0 Å². The zero-order valence-electron chi connectivity index (χ0n) is 20.4. The van der Waals surface area contributed by atoms with E-state index in [1.54, 1.807) is 42.3 Å². The van der Waals surface area contributed by atoms with Gasteiger partial charge in [-0.2, -0.15) is 4.31 Å². The zero-order chi connectivity index (χ0) is 25.2. The number of aromatic nitrogens is 2. The van der Waals surface area contributed by atoms with Gasteiger partial charge in [0.1, 0.15) is 5.69 Å². The van der Waals surface area contributed by atoms with Crippen LogP contribution in [0.4, 0.5) is 5.95 Å². The Bertz CT molecular complexity index is 1340. The highest BCUT2D eigenvalue weighted by atomic mass is 32.2. The first kappa shape index (κ1) is 25.0. The quantitative estimate of drug-likeness (QED) is 0.535. The van der Waals surface area contributed by atoms with Crippen LogP contribution in [0, 0.1) is 0 Å². The smallest absolute Gasteiger partial charge is 0.273 e. The van der Waals surface area contributed by atoms with Crippen molar-refractivity contribution in [2.45, 2.75) is 24.7 Å². The Hall–Kier alpha value is -3.08. The number of nitrogens with zero attached hydrogens (tertiary/aromatic N) is 5. The summed E-state index contributed by atoms with van der Waals surface area (Å²) in [4.78, 5) is 25.7. The summed E-state index contributed by atoms with van der Waals surface area (Å²) in [5.74, 6) is -0.219. The molecule has 1 fully saturated rings. The van der Waals surface area contributed by atoms with Crippen molar-refractivity contribution < 1.29 is 13.2 Å². The number of nitrogen functional groups attached to an aromatic ring is 1. The number of nitrogens with two attached hydrogens (primary N) is 1. The van der Waals surface area contributed by atoms with Crippen molar-refractivity contribution in [2.24, 2.45) is 0 Å². The van der Waals surface area contributed by atoms with Gasteiger partial charge in [0.25, 0.3) is 5.91 Å². The van der Waals surface area contributed by atoms with Crippen molar-refractivity contribution in [2.75, 3.05) is 52.6 Å². The normalized spacial score (nSPS) is 15.4. The van der Waals surface area contributed by atoms with Gasteiger partial charge >= 0.3 is 0 Å². The number of sulfonamides is 1. The second kappa shape index (κ2) is 10.3. The maximum absolute atomic E-state index is 13.6. The number of fused-ring (bicyclic) bond motifs is 1. The molecule has 0 aliphatic carbocycles. The Balaban J connectivity index is 1.79. The molecule has 1 aliphatic rings. The third kappa shape index (κ3) is 5.14. The number of rotatable bonds is 7. The van der Waals surface area contributed by atoms with Gasteiger partial charge in [-0.25, -0.2) is 18.4 Å². The summed E-state index contributed by atoms with van der Waals surface area (Å²) in [7, 11) is 0.0323. The molecule has 4 rings (SSSR count). The molecule has 0 unspecified atom stereocenters. The molecule has 1 amide bonds. The fourth-order valence-corrected chi connectivity index (χ4v) is 5.89. The van der Waals surface area contributed by atoms with E-state index in [0.29, 0.717) is 54.8 Å². The highest BCUT2D eigenvalue weighted by Gasteiger charge is 2.30. The molecule has 2 N–H and O–H groups in total. The standard InChI is InChI=1S/C25H32N6O3S/c1-4-5-12-30(3)24(32)23-20-17-18(10-11-21(20)27-25(26)28-23)19-8-6-7-9-22(19)35(33,34)31-15-13-29(2)14-16-31/h6-11,17H,4-5,12-16H2,1-3H3,(H2,26,27,28). The Morgan fingerprint density at radius 2 is 1.80 bits per heavy atom. The van der Waals surface area contributed by atoms with Gasteiger partial charge in [-0.05, 0) is 37.2 Å². The lowest BCUT2D eigenvalue weighted by Crippen LogP contribution is -2.47. The first-order valence-corrected chi connectivity index (χ1v) is 13.3. The summed E-state index contributed by atoms with van der Waals surface area (Å²) >= 11 is 0. The molecule has 35 heavy (non-hydrogen) atoms. The molecule has 1 aromatic heterocycles. The van der Waals surface area contributed by atoms with Crippen LogP contribution in [-0.2, 0) is 10.0 Å². The van der Waals surface area contributed by atoms with E-state index >= 15 is 0 Å². The number of anilines is 1. The Morgan fingerprint density at radius 1 is 1.09 bits per heavy atom. The molecular weight excluding hydrogens is 464 g/mol. The third-order valence-corrected chi connectivity index (χ3v) is 8.34. The first-order valence-electron chi connectivity index (χ1n) is 11.8. The van der Waals surface area contributed by atoms with Gasteiger partial charge in [0.2, 0.25) is 16.0 Å². The summed E-state index contributed by atoms with van der Waals surface area (Å²) < 4.78 is 28.7. The highest BCUT2D eigenvalue weighted by molar-refractivity contribution is 7.89. The summed E-state index contributed by atoms with van der Waals surface area (Å²) in [6.45, 7) is 4.94. The van der Waals surface area contributed by atoms with E-state index in [1.165, 1.54) is 4.31 Å². The van der Waals surface area contributed by atoms with Crippen LogP contribution in [0.2, 0.25) is 0 Å². The fourth-order valence-electron chi connectivity index (χ4n) is 4.25. The van der Waals surface area contributed by atoms with E-state index in [4.69, 9.17) is 5.73 Å². The molecule has 0 saturated carbocycles. The van der Waals surface area contributed by atoms with Gasteiger partial charge in [-0.3, -0.25) is 4.79 Å². The second-order valence-corrected chi connectivity index (χ2v) is 10.9. The lowest BCUT2D eigenvalue weighted by molar-refractivity contribution is 0.0789. The van der Waals surface area contributed by atoms with Crippen LogP contribution in [-0.4, -0.2) is 85.2 Å². The molecule has 0 bridgehead atoms. The lowest BCUT2D eigenvalue weighted by atomic mass is 10.0. The lowest BCUT2D eigenvalue weighted by Gasteiger charge is -2.32. The van der Waals surface area contributed by atoms with Crippen LogP contribution >= 0.6 is 0 Å². The molecule has 3 aromatic rings. The van der Waals surface area contributed by atoms with Crippen LogP contribution in [0.25, 0.3) is 22.0 Å². The molecule has 10 heteroatoms. The number of carbonyl (C=O) groups is 1. The summed E-state index contributed by atoms with van der Waals surface area (Å²) in [5, 5.41) is 0.539. The minimum atomic E-state index is -3.69. The van der Waals surface area contributed by atoms with Crippen molar-refractivity contribution in [1.82, 2.24) is 24.1 Å². The van der Waals surface area contributed by atoms with Crippen molar-refractivity contribution in [3.63, 3.8) is 0 Å². The number of hydrogen-bond donors (Lipinski definition) is 1. The van der Waals surface area contributed by atoms with Gasteiger partial charge < -0.3 is 15.5 Å². The van der Waals surface area contributed by atoms with Crippen molar-refractivity contribution in [3.05, 3.63) is 48.2 Å². The van der Waals surface area contributed by atoms with E-state index in [2.05, 4.69) is 21.8 Å².